The van der Waals surface area contributed by atoms with Crippen LogP contribution in [0.4, 0.5) is 11.4 Å². The maximum atomic E-state index is 13.5. The highest BCUT2D eigenvalue weighted by molar-refractivity contribution is 5.86. The first-order valence-electron chi connectivity index (χ1n) is 28.1. The van der Waals surface area contributed by atoms with Gasteiger partial charge < -0.3 is 102 Å². The van der Waals surface area contributed by atoms with Gasteiger partial charge in [-0.1, -0.05) is 0 Å². The second kappa shape index (κ2) is 40.5. The Hall–Kier alpha value is -9.06. The smallest absolute Gasteiger partial charge is 0.255 e. The Bertz CT molecular complexity index is 2650. The van der Waals surface area contributed by atoms with E-state index in [1.807, 2.05) is 0 Å². The minimum absolute atomic E-state index is 0.0192. The van der Waals surface area contributed by atoms with E-state index in [4.69, 9.17) is 0 Å². The van der Waals surface area contributed by atoms with Gasteiger partial charge in [0.1, 0.15) is 11.4 Å². The van der Waals surface area contributed by atoms with E-state index in [1.54, 1.807) is 39.2 Å². The number of carbonyl (C=O) groups is 14. The highest BCUT2D eigenvalue weighted by Gasteiger charge is 2.26. The Balaban J connectivity index is 1.72. The number of carboxylic acid groups (broad SMARTS) is 6. The Kier molecular flexibility index (Phi) is 33.8. The third-order valence-electron chi connectivity index (χ3n) is 13.4. The Morgan fingerprint density at radius 2 is 0.456 bits per heavy atom. The molecule has 2 heterocycles. The normalized spacial score (nSPS) is 16.2. The van der Waals surface area contributed by atoms with Crippen LogP contribution in [0.5, 0.6) is 0 Å². The number of carbonyl (C=O) groups excluding carboxylic acids is 14. The lowest BCUT2D eigenvalue weighted by Gasteiger charge is -2.33. The zero-order valence-electron chi connectivity index (χ0n) is 49.2. The van der Waals surface area contributed by atoms with Crippen LogP contribution in [0.15, 0.2) is 9.59 Å². The molecule has 0 aromatic heterocycles. The van der Waals surface area contributed by atoms with E-state index in [2.05, 4.69) is 53.4 Å². The minimum atomic E-state index is -1.56. The zero-order chi connectivity index (χ0) is 66.7. The van der Waals surface area contributed by atoms with Gasteiger partial charge in [-0.15, -0.1) is 0 Å². The summed E-state index contributed by atoms with van der Waals surface area (Å²) in [5.74, 6) is -14.8. The summed E-state index contributed by atoms with van der Waals surface area (Å²) in [6.07, 6.45) is 0. The summed E-state index contributed by atoms with van der Waals surface area (Å²) >= 11 is 0. The van der Waals surface area contributed by atoms with Crippen LogP contribution in [-0.2, 0) is 67.1 Å². The fourth-order valence-electron chi connectivity index (χ4n) is 8.70. The standard InChI is InChI=1S/C50H80N18O22/c69-33(25-61-3-5-62(26-34(70)53-19-41(77)78)7-9-64(28-36(72)55-21-43(81)82)10-8-63(6-4-61)27-35(71)54-20-42(79)80)51-1-2-52-47-48(50(90)49(47)89)60-59-40(76)32-68-17-15-66(30-38(74)57-23-45(85)86)13-11-65(29-37(73)56-22-44(83)84)12-14-67(16-18-68)31-39(75)58-24-46(87)88/h52,60H,1-32H2,(H,51,69)(H,53,70)(H,54,71)(H,55,72)(H,56,73)(H,57,74)(H,58,75)(H,59,76)(H,77,78)(H,79,80)(H,81,82)(H,83,84)(H,85,86)(H,87,88)/p-6. The molecule has 0 atom stereocenters. The molecule has 0 aliphatic carbocycles. The number of amides is 8. The molecule has 2 saturated heterocycles. The topological polar surface area (TPSA) is 558 Å². The molecule has 0 radical (unpaired) electrons. The second-order valence-corrected chi connectivity index (χ2v) is 20.5. The molecule has 2 aliphatic heterocycles. The Labute approximate surface area is 513 Å². The molecule has 40 nitrogen and oxygen atoms in total. The Morgan fingerprint density at radius 1 is 0.267 bits per heavy atom. The molecule has 0 bridgehead atoms. The summed E-state index contributed by atoms with van der Waals surface area (Å²) < 4.78 is 0. The highest BCUT2D eigenvalue weighted by Crippen LogP contribution is 2.13. The van der Waals surface area contributed by atoms with Crippen molar-refractivity contribution >= 4 is 94.4 Å². The van der Waals surface area contributed by atoms with Crippen LogP contribution < -0.4 is 94.9 Å². The fraction of sp³-hybridized carbons (Fsp3) is 0.640. The van der Waals surface area contributed by atoms with Crippen molar-refractivity contribution in [3.8, 4) is 0 Å². The first kappa shape index (κ1) is 75.2. The number of nitrogens with one attached hydrogen (secondary N) is 10. The number of anilines is 2. The van der Waals surface area contributed by atoms with E-state index in [9.17, 15) is 107 Å². The minimum Gasteiger partial charge on any atom is -0.548 e. The van der Waals surface area contributed by atoms with Gasteiger partial charge in [0.05, 0.1) is 127 Å². The lowest BCUT2D eigenvalue weighted by Crippen LogP contribution is -2.52. The average Bonchev–Trinajstić information content (AvgIpc) is 0.845. The number of hydrogen-bond acceptors (Lipinski definition) is 32. The number of hydrazine groups is 1. The largest absolute Gasteiger partial charge is 0.548 e. The van der Waals surface area contributed by atoms with E-state index >= 15 is 0 Å². The number of aliphatic carboxylic acids is 6. The van der Waals surface area contributed by atoms with E-state index < -0.39 is 140 Å². The van der Waals surface area contributed by atoms with Crippen molar-refractivity contribution in [3.63, 3.8) is 0 Å². The van der Waals surface area contributed by atoms with E-state index in [0.717, 1.165) is 0 Å². The SMILES string of the molecule is O=C([O-])CNC(=O)CN1CCN(CC(=O)NCCNc2c(NNC(=O)CN3CCN(CC(=O)NCC(=O)[O-])CCN(CC(=O)NCC(=O)[O-])CCN(CC(=O)NCC(=O)[O-])CC3)c(=O)c2=O)CCN(CC(=O)NCC(=O)[O-])CCN(CC(=O)NCC(=O)[O-])CC1. The third kappa shape index (κ3) is 32.8. The summed E-state index contributed by atoms with van der Waals surface area (Å²) in [5.41, 5.74) is 2.19. The van der Waals surface area contributed by atoms with E-state index in [1.165, 1.54) is 0 Å². The van der Waals surface area contributed by atoms with Crippen LogP contribution in [0.1, 0.15) is 0 Å². The lowest BCUT2D eigenvalue weighted by atomic mass is 10.2. The molecule has 10 N–H and O–H groups in total. The van der Waals surface area contributed by atoms with Gasteiger partial charge in [0, 0.05) is 118 Å². The molecular formula is C50H74N18O22-6. The first-order chi connectivity index (χ1) is 42.6. The molecule has 1 aromatic rings. The zero-order valence-corrected chi connectivity index (χ0v) is 49.2. The van der Waals surface area contributed by atoms with Crippen LogP contribution in [-0.4, -0.2) is 332 Å². The van der Waals surface area contributed by atoms with Crippen molar-refractivity contribution in [2.24, 2.45) is 0 Å². The third-order valence-corrected chi connectivity index (χ3v) is 13.4. The number of rotatable bonds is 34. The van der Waals surface area contributed by atoms with Crippen LogP contribution in [0.3, 0.4) is 0 Å². The maximum Gasteiger partial charge on any atom is 0.255 e. The summed E-state index contributed by atoms with van der Waals surface area (Å²) in [7, 11) is 0. The first-order valence-corrected chi connectivity index (χ1v) is 28.1. The molecule has 2 aliphatic rings. The summed E-state index contributed by atoms with van der Waals surface area (Å²) in [5, 5.41) is 84.7. The molecule has 3 rings (SSSR count). The quantitative estimate of drug-likeness (QED) is 0.0174. The summed E-state index contributed by atoms with van der Waals surface area (Å²) in [4.78, 5) is 208. The van der Waals surface area contributed by atoms with Gasteiger partial charge in [0.25, 0.3) is 16.8 Å². The van der Waals surface area contributed by atoms with Crippen LogP contribution in [0, 0.1) is 0 Å². The van der Waals surface area contributed by atoms with Gasteiger partial charge in [-0.3, -0.25) is 98.0 Å². The predicted molar refractivity (Wildman–Crippen MR) is 294 cm³/mol. The highest BCUT2D eigenvalue weighted by atomic mass is 16.4. The molecule has 90 heavy (non-hydrogen) atoms. The molecular weight excluding hydrogens is 1200 g/mol. The number of nitrogens with zero attached hydrogens (tertiary/aromatic N) is 8. The molecule has 502 valence electrons. The monoisotopic (exact) mass is 1280 g/mol. The van der Waals surface area contributed by atoms with Gasteiger partial charge in [0.15, 0.2) is 0 Å². The predicted octanol–water partition coefficient (Wildman–Crippen LogP) is -20.1. The van der Waals surface area contributed by atoms with Crippen molar-refractivity contribution in [2.45, 2.75) is 0 Å². The fourth-order valence-corrected chi connectivity index (χ4v) is 8.70. The van der Waals surface area contributed by atoms with Crippen molar-refractivity contribution in [1.82, 2.24) is 81.8 Å². The molecule has 0 saturated carbocycles. The van der Waals surface area contributed by atoms with Gasteiger partial charge in [-0.05, 0) is 0 Å². The average molecular weight is 1280 g/mol. The molecule has 40 heteroatoms. The molecule has 2 fully saturated rings. The van der Waals surface area contributed by atoms with Crippen LogP contribution in [0.2, 0.25) is 0 Å². The van der Waals surface area contributed by atoms with E-state index in [0.29, 0.717) is 0 Å². The Morgan fingerprint density at radius 3 is 0.667 bits per heavy atom. The number of hydrogen-bond donors (Lipinski definition) is 10. The van der Waals surface area contributed by atoms with Gasteiger partial charge in [-0.2, -0.15) is 0 Å². The van der Waals surface area contributed by atoms with Crippen molar-refractivity contribution in [2.75, 3.05) is 220 Å². The lowest BCUT2D eigenvalue weighted by molar-refractivity contribution is -0.305. The molecule has 0 unspecified atom stereocenters. The van der Waals surface area contributed by atoms with E-state index in [-0.39, 0.29) is 175 Å². The molecule has 0 spiro atoms. The maximum absolute atomic E-state index is 13.5. The van der Waals surface area contributed by atoms with Crippen molar-refractivity contribution < 1.29 is 97.8 Å². The second-order valence-electron chi connectivity index (χ2n) is 20.5. The molecule has 8 amide bonds. The van der Waals surface area contributed by atoms with Crippen LogP contribution >= 0.6 is 0 Å². The van der Waals surface area contributed by atoms with Crippen LogP contribution in [0.25, 0.3) is 0 Å². The summed E-state index contributed by atoms with van der Waals surface area (Å²) in [6.45, 7) is -6.88. The van der Waals surface area contributed by atoms with Gasteiger partial charge in [0.2, 0.25) is 41.4 Å². The molecule has 1 aromatic carbocycles. The van der Waals surface area contributed by atoms with Crippen molar-refractivity contribution in [3.05, 3.63) is 20.4 Å². The summed E-state index contributed by atoms with van der Waals surface area (Å²) in [6, 6.07) is 0. The van der Waals surface area contributed by atoms with Crippen molar-refractivity contribution in [1.29, 1.82) is 0 Å². The number of carboxylic acids is 6. The van der Waals surface area contributed by atoms with Gasteiger partial charge >= 0.3 is 0 Å². The van der Waals surface area contributed by atoms with Gasteiger partial charge in [-0.25, -0.2) is 0 Å².